The number of rotatable bonds is 6. The third-order valence-electron chi connectivity index (χ3n) is 2.00. The quantitative estimate of drug-likeness (QED) is 0.751. The Bertz CT molecular complexity index is 339. The molecule has 0 fully saturated rings. The summed E-state index contributed by atoms with van der Waals surface area (Å²) in [5, 5.41) is 2.77. The van der Waals surface area contributed by atoms with Crippen molar-refractivity contribution in [2.75, 3.05) is 25.6 Å². The largest absolute Gasteiger partial charge is 0.491 e. The number of carbonyl (C=O) groups excluding carboxylic acids is 1. The van der Waals surface area contributed by atoms with Crippen LogP contribution in [-0.2, 0) is 9.53 Å². The molecule has 0 saturated carbocycles. The Kier molecular flexibility index (Phi) is 5.36. The number of hydrogen-bond acceptors (Lipinski definition) is 3. The maximum absolute atomic E-state index is 11.2. The Labute approximate surface area is 95.6 Å². The van der Waals surface area contributed by atoms with Crippen molar-refractivity contribution in [3.05, 3.63) is 24.3 Å². The normalized spacial score (nSPS) is 9.88. The lowest BCUT2D eigenvalue weighted by molar-refractivity contribution is -0.115. The molecule has 88 valence electrons. The maximum atomic E-state index is 11.2. The van der Waals surface area contributed by atoms with Gasteiger partial charge in [-0.2, -0.15) is 0 Å². The molecule has 16 heavy (non-hydrogen) atoms. The van der Waals surface area contributed by atoms with Crippen molar-refractivity contribution in [1.29, 1.82) is 0 Å². The van der Waals surface area contributed by atoms with Crippen molar-refractivity contribution >= 4 is 11.6 Å². The molecular weight excluding hydrogens is 206 g/mol. The molecule has 0 aromatic heterocycles. The highest BCUT2D eigenvalue weighted by Gasteiger charge is 2.00. The molecule has 0 spiro atoms. The Hall–Kier alpha value is -1.55. The number of nitrogens with one attached hydrogen (secondary N) is 1. The monoisotopic (exact) mass is 223 g/mol. The second-order valence-electron chi connectivity index (χ2n) is 3.27. The Balaban J connectivity index is 2.53. The number of benzene rings is 1. The van der Waals surface area contributed by atoms with Crippen LogP contribution >= 0.6 is 0 Å². The molecular formula is C12H17NO3. The van der Waals surface area contributed by atoms with Crippen LogP contribution in [0.5, 0.6) is 5.75 Å². The third-order valence-corrected chi connectivity index (χ3v) is 2.00. The van der Waals surface area contributed by atoms with Crippen LogP contribution in [0.3, 0.4) is 0 Å². The highest BCUT2D eigenvalue weighted by molar-refractivity contribution is 5.90. The minimum Gasteiger partial charge on any atom is -0.491 e. The molecule has 1 aromatic carbocycles. The molecule has 1 aromatic rings. The minimum absolute atomic E-state index is 0.00552. The van der Waals surface area contributed by atoms with Gasteiger partial charge in [-0.3, -0.25) is 4.79 Å². The number of anilines is 1. The van der Waals surface area contributed by atoms with Crippen molar-refractivity contribution in [2.45, 2.75) is 13.3 Å². The Morgan fingerprint density at radius 2 is 2.19 bits per heavy atom. The number of amides is 1. The van der Waals surface area contributed by atoms with Gasteiger partial charge in [0, 0.05) is 25.3 Å². The molecule has 1 N–H and O–H groups in total. The van der Waals surface area contributed by atoms with Crippen molar-refractivity contribution in [3.8, 4) is 5.75 Å². The van der Waals surface area contributed by atoms with Gasteiger partial charge in [0.2, 0.25) is 5.91 Å². The van der Waals surface area contributed by atoms with Crippen LogP contribution in [0.4, 0.5) is 5.69 Å². The summed E-state index contributed by atoms with van der Waals surface area (Å²) >= 11 is 0. The van der Waals surface area contributed by atoms with E-state index in [1.807, 2.05) is 25.1 Å². The summed E-state index contributed by atoms with van der Waals surface area (Å²) < 4.78 is 10.3. The van der Waals surface area contributed by atoms with Crippen molar-refractivity contribution in [2.24, 2.45) is 0 Å². The van der Waals surface area contributed by atoms with Crippen LogP contribution in [0.2, 0.25) is 0 Å². The summed E-state index contributed by atoms with van der Waals surface area (Å²) in [6.45, 7) is 2.86. The van der Waals surface area contributed by atoms with Crippen molar-refractivity contribution in [1.82, 2.24) is 0 Å². The van der Waals surface area contributed by atoms with Gasteiger partial charge in [0.25, 0.3) is 0 Å². The maximum Gasteiger partial charge on any atom is 0.224 e. The molecule has 0 aliphatic rings. The van der Waals surface area contributed by atoms with E-state index in [4.69, 9.17) is 9.47 Å². The fourth-order valence-electron chi connectivity index (χ4n) is 1.16. The van der Waals surface area contributed by atoms with Crippen LogP contribution in [0.25, 0.3) is 0 Å². The molecule has 0 atom stereocenters. The van der Waals surface area contributed by atoms with Crippen LogP contribution in [0.1, 0.15) is 13.3 Å². The first-order valence-electron chi connectivity index (χ1n) is 5.28. The first-order valence-corrected chi connectivity index (χ1v) is 5.28. The molecule has 1 rings (SSSR count). The van der Waals surface area contributed by atoms with Crippen LogP contribution in [0.15, 0.2) is 24.3 Å². The zero-order valence-electron chi connectivity index (χ0n) is 9.66. The summed E-state index contributed by atoms with van der Waals surface area (Å²) in [6.07, 6.45) is 0.467. The van der Waals surface area contributed by atoms with E-state index in [1.54, 1.807) is 13.2 Å². The first-order chi connectivity index (χ1) is 7.76. The summed E-state index contributed by atoms with van der Waals surface area (Å²) in [6, 6.07) is 7.31. The highest BCUT2D eigenvalue weighted by Crippen LogP contribution is 2.17. The van der Waals surface area contributed by atoms with Gasteiger partial charge >= 0.3 is 0 Å². The SMILES string of the molecule is CCC(=O)Nc1cccc(OCCOC)c1. The molecule has 0 bridgehead atoms. The van der Waals surface area contributed by atoms with Gasteiger partial charge in [0.1, 0.15) is 12.4 Å². The summed E-state index contributed by atoms with van der Waals surface area (Å²) in [5.41, 5.74) is 0.752. The van der Waals surface area contributed by atoms with E-state index in [0.29, 0.717) is 19.6 Å². The molecule has 0 aliphatic heterocycles. The average Bonchev–Trinajstić information content (AvgIpc) is 2.30. The van der Waals surface area contributed by atoms with Crippen LogP contribution in [-0.4, -0.2) is 26.2 Å². The van der Waals surface area contributed by atoms with Gasteiger partial charge in [0.05, 0.1) is 6.61 Å². The summed E-state index contributed by atoms with van der Waals surface area (Å²) in [4.78, 5) is 11.2. The second kappa shape index (κ2) is 6.85. The summed E-state index contributed by atoms with van der Waals surface area (Å²) in [7, 11) is 1.63. The standard InChI is InChI=1S/C12H17NO3/c1-3-12(14)13-10-5-4-6-11(9-10)16-8-7-15-2/h4-6,9H,3,7-8H2,1-2H3,(H,13,14). The molecule has 0 heterocycles. The molecule has 0 saturated heterocycles. The van der Waals surface area contributed by atoms with E-state index >= 15 is 0 Å². The minimum atomic E-state index is -0.00552. The lowest BCUT2D eigenvalue weighted by Gasteiger charge is -2.08. The molecule has 4 nitrogen and oxygen atoms in total. The summed E-state index contributed by atoms with van der Waals surface area (Å²) in [5.74, 6) is 0.722. The van der Waals surface area contributed by atoms with E-state index in [0.717, 1.165) is 11.4 Å². The number of ether oxygens (including phenoxy) is 2. The predicted octanol–water partition coefficient (Wildman–Crippen LogP) is 2.06. The van der Waals surface area contributed by atoms with E-state index in [2.05, 4.69) is 5.32 Å². The molecule has 4 heteroatoms. The van der Waals surface area contributed by atoms with Gasteiger partial charge in [-0.15, -0.1) is 0 Å². The first kappa shape index (κ1) is 12.5. The van der Waals surface area contributed by atoms with Crippen molar-refractivity contribution in [3.63, 3.8) is 0 Å². The third kappa shape index (κ3) is 4.31. The lowest BCUT2D eigenvalue weighted by atomic mass is 10.3. The number of carbonyl (C=O) groups is 1. The van der Waals surface area contributed by atoms with Gasteiger partial charge < -0.3 is 14.8 Å². The number of hydrogen-bond donors (Lipinski definition) is 1. The molecule has 0 unspecified atom stereocenters. The van der Waals surface area contributed by atoms with E-state index < -0.39 is 0 Å². The molecule has 0 aliphatic carbocycles. The van der Waals surface area contributed by atoms with Crippen molar-refractivity contribution < 1.29 is 14.3 Å². The zero-order valence-corrected chi connectivity index (χ0v) is 9.66. The van der Waals surface area contributed by atoms with Gasteiger partial charge in [-0.05, 0) is 12.1 Å². The lowest BCUT2D eigenvalue weighted by Crippen LogP contribution is -2.09. The van der Waals surface area contributed by atoms with E-state index in [9.17, 15) is 4.79 Å². The zero-order chi connectivity index (χ0) is 11.8. The number of methoxy groups -OCH3 is 1. The predicted molar refractivity (Wildman–Crippen MR) is 62.7 cm³/mol. The Morgan fingerprint density at radius 1 is 1.38 bits per heavy atom. The molecule has 0 radical (unpaired) electrons. The highest BCUT2D eigenvalue weighted by atomic mass is 16.5. The second-order valence-corrected chi connectivity index (χ2v) is 3.27. The fourth-order valence-corrected chi connectivity index (χ4v) is 1.16. The topological polar surface area (TPSA) is 47.6 Å². The van der Waals surface area contributed by atoms with E-state index in [1.165, 1.54) is 0 Å². The van der Waals surface area contributed by atoms with E-state index in [-0.39, 0.29) is 5.91 Å². The fraction of sp³-hybridized carbons (Fsp3) is 0.417. The average molecular weight is 223 g/mol. The van der Waals surface area contributed by atoms with Gasteiger partial charge in [-0.25, -0.2) is 0 Å². The van der Waals surface area contributed by atoms with Gasteiger partial charge in [-0.1, -0.05) is 13.0 Å². The van der Waals surface area contributed by atoms with Crippen LogP contribution < -0.4 is 10.1 Å². The Morgan fingerprint density at radius 3 is 2.88 bits per heavy atom. The van der Waals surface area contributed by atoms with Crippen LogP contribution in [0, 0.1) is 0 Å². The smallest absolute Gasteiger partial charge is 0.224 e. The molecule has 1 amide bonds. The van der Waals surface area contributed by atoms with Gasteiger partial charge in [0.15, 0.2) is 0 Å².